The maximum atomic E-state index is 13.3. The second kappa shape index (κ2) is 11.4. The van der Waals surface area contributed by atoms with E-state index in [1.54, 1.807) is 22.7 Å². The number of halogens is 2. The molecule has 0 aliphatic heterocycles. The Kier molecular flexibility index (Phi) is 8.08. The van der Waals surface area contributed by atoms with Crippen molar-refractivity contribution >= 4 is 35.0 Å². The van der Waals surface area contributed by atoms with Crippen LogP contribution in [0.2, 0.25) is 10.0 Å². The second-order valence-electron chi connectivity index (χ2n) is 8.52. The molecule has 1 aromatic heterocycles. The largest absolute Gasteiger partial charge is 0.349 e. The topological polar surface area (TPSA) is 67.2 Å². The van der Waals surface area contributed by atoms with Gasteiger partial charge in [-0.2, -0.15) is 5.10 Å². The number of carbonyl (C=O) groups is 2. The van der Waals surface area contributed by atoms with Crippen LogP contribution in [0.5, 0.6) is 0 Å². The highest BCUT2D eigenvalue weighted by atomic mass is 35.5. The summed E-state index contributed by atoms with van der Waals surface area (Å²) in [7, 11) is 1.74. The van der Waals surface area contributed by atoms with Crippen LogP contribution in [-0.2, 0) is 16.1 Å². The average Bonchev–Trinajstić information content (AvgIpc) is 3.28. The van der Waals surface area contributed by atoms with Gasteiger partial charge in [0.25, 0.3) is 0 Å². The van der Waals surface area contributed by atoms with Gasteiger partial charge in [0, 0.05) is 47.9 Å². The van der Waals surface area contributed by atoms with Gasteiger partial charge in [-0.3, -0.25) is 9.59 Å². The van der Waals surface area contributed by atoms with Gasteiger partial charge in [-0.25, -0.2) is 4.68 Å². The number of hydrogen-bond acceptors (Lipinski definition) is 3. The van der Waals surface area contributed by atoms with Crippen molar-refractivity contribution in [3.8, 4) is 16.9 Å². The minimum Gasteiger partial charge on any atom is -0.349 e. The van der Waals surface area contributed by atoms with Crippen LogP contribution < -0.4 is 5.32 Å². The second-order valence-corrected chi connectivity index (χ2v) is 9.36. The van der Waals surface area contributed by atoms with E-state index in [-0.39, 0.29) is 18.2 Å². The molecule has 1 unspecified atom stereocenters. The van der Waals surface area contributed by atoms with Crippen LogP contribution >= 0.6 is 23.2 Å². The summed E-state index contributed by atoms with van der Waals surface area (Å²) in [5, 5.41) is 8.81. The van der Waals surface area contributed by atoms with E-state index in [2.05, 4.69) is 5.32 Å². The minimum absolute atomic E-state index is 0.0723. The van der Waals surface area contributed by atoms with Crippen molar-refractivity contribution in [3.63, 3.8) is 0 Å². The Hall–Kier alpha value is -3.61. The molecule has 0 aliphatic carbocycles. The third-order valence-electron chi connectivity index (χ3n) is 5.80. The lowest BCUT2D eigenvalue weighted by atomic mass is 10.0. The van der Waals surface area contributed by atoms with Gasteiger partial charge in [0.05, 0.1) is 23.8 Å². The molecule has 0 radical (unpaired) electrons. The monoisotopic (exact) mass is 520 g/mol. The predicted molar refractivity (Wildman–Crippen MR) is 143 cm³/mol. The Bertz CT molecular complexity index is 1350. The lowest BCUT2D eigenvalue weighted by Gasteiger charge is -2.23. The van der Waals surface area contributed by atoms with Gasteiger partial charge in [0.15, 0.2) is 0 Å². The molecular weight excluding hydrogens is 495 g/mol. The smallest absolute Gasteiger partial charge is 0.225 e. The summed E-state index contributed by atoms with van der Waals surface area (Å²) in [5.74, 6) is -0.368. The normalized spacial score (nSPS) is 11.7. The van der Waals surface area contributed by atoms with E-state index in [1.165, 1.54) is 6.92 Å². The van der Waals surface area contributed by atoms with E-state index in [0.717, 1.165) is 22.5 Å². The number of hydrogen-bond donors (Lipinski definition) is 1. The van der Waals surface area contributed by atoms with Gasteiger partial charge in [-0.05, 0) is 35.9 Å². The number of amides is 2. The van der Waals surface area contributed by atoms with E-state index < -0.39 is 6.04 Å². The van der Waals surface area contributed by atoms with Gasteiger partial charge >= 0.3 is 0 Å². The quantitative estimate of drug-likeness (QED) is 0.306. The SMILES string of the molecule is CC(=O)NC(CC(=O)N(C)Cc1cn(-c2ccccc2)nc1-c1ccc(Cl)cc1)c1ccccc1Cl. The third kappa shape index (κ3) is 6.14. The number of para-hydroxylation sites is 1. The van der Waals surface area contributed by atoms with Gasteiger partial charge < -0.3 is 10.2 Å². The molecule has 184 valence electrons. The molecule has 0 aliphatic rings. The molecule has 6 nitrogen and oxygen atoms in total. The fourth-order valence-electron chi connectivity index (χ4n) is 4.01. The molecule has 3 aromatic carbocycles. The summed E-state index contributed by atoms with van der Waals surface area (Å²) in [6.45, 7) is 1.76. The molecule has 0 saturated heterocycles. The summed E-state index contributed by atoms with van der Waals surface area (Å²) in [5.41, 5.74) is 4.16. The van der Waals surface area contributed by atoms with Gasteiger partial charge in [-0.1, -0.05) is 71.7 Å². The van der Waals surface area contributed by atoms with Crippen molar-refractivity contribution in [2.75, 3.05) is 7.05 Å². The molecule has 36 heavy (non-hydrogen) atoms. The zero-order valence-corrected chi connectivity index (χ0v) is 21.5. The molecule has 2 amide bonds. The molecule has 4 rings (SSSR count). The fraction of sp³-hybridized carbons (Fsp3) is 0.179. The predicted octanol–water partition coefficient (Wildman–Crippen LogP) is 6.07. The highest BCUT2D eigenvalue weighted by molar-refractivity contribution is 6.31. The number of nitrogens with zero attached hydrogens (tertiary/aromatic N) is 3. The third-order valence-corrected chi connectivity index (χ3v) is 6.39. The molecule has 8 heteroatoms. The molecular formula is C28H26Cl2N4O2. The molecule has 1 atom stereocenters. The van der Waals surface area contributed by atoms with E-state index in [9.17, 15) is 9.59 Å². The van der Waals surface area contributed by atoms with Crippen molar-refractivity contribution in [2.24, 2.45) is 0 Å². The van der Waals surface area contributed by atoms with E-state index in [0.29, 0.717) is 22.2 Å². The number of nitrogens with one attached hydrogen (secondary N) is 1. The molecule has 4 aromatic rings. The Labute approximate surface area is 220 Å². The Morgan fingerprint density at radius 1 is 0.972 bits per heavy atom. The van der Waals surface area contributed by atoms with Crippen molar-refractivity contribution in [2.45, 2.75) is 25.9 Å². The summed E-state index contributed by atoms with van der Waals surface area (Å²) in [6, 6.07) is 23.9. The maximum absolute atomic E-state index is 13.3. The first-order chi connectivity index (χ1) is 17.3. The van der Waals surface area contributed by atoms with Crippen LogP contribution in [0.25, 0.3) is 16.9 Å². The number of rotatable bonds is 8. The van der Waals surface area contributed by atoms with Crippen LogP contribution in [0.3, 0.4) is 0 Å². The van der Waals surface area contributed by atoms with Crippen LogP contribution in [0.15, 0.2) is 85.1 Å². The van der Waals surface area contributed by atoms with E-state index >= 15 is 0 Å². The number of aromatic nitrogens is 2. The Morgan fingerprint density at radius 3 is 2.31 bits per heavy atom. The highest BCUT2D eigenvalue weighted by Gasteiger charge is 2.23. The first-order valence-corrected chi connectivity index (χ1v) is 12.2. The summed E-state index contributed by atoms with van der Waals surface area (Å²) in [6.07, 6.45) is 2.01. The molecule has 0 spiro atoms. The van der Waals surface area contributed by atoms with Crippen molar-refractivity contribution in [3.05, 3.63) is 106 Å². The van der Waals surface area contributed by atoms with Crippen molar-refractivity contribution < 1.29 is 9.59 Å². The van der Waals surface area contributed by atoms with E-state index in [1.807, 2.05) is 79.0 Å². The first-order valence-electron chi connectivity index (χ1n) is 11.5. The van der Waals surface area contributed by atoms with Crippen LogP contribution in [0, 0.1) is 0 Å². The number of carbonyl (C=O) groups excluding carboxylic acids is 2. The first kappa shape index (κ1) is 25.5. The zero-order chi connectivity index (χ0) is 25.7. The molecule has 0 saturated carbocycles. The maximum Gasteiger partial charge on any atom is 0.225 e. The highest BCUT2D eigenvalue weighted by Crippen LogP contribution is 2.28. The van der Waals surface area contributed by atoms with Crippen molar-refractivity contribution in [1.82, 2.24) is 20.0 Å². The Balaban J connectivity index is 1.60. The average molecular weight is 521 g/mol. The molecule has 0 bridgehead atoms. The lowest BCUT2D eigenvalue weighted by Crippen LogP contribution is -2.33. The zero-order valence-electron chi connectivity index (χ0n) is 20.0. The van der Waals surface area contributed by atoms with Gasteiger partial charge in [0.1, 0.15) is 0 Å². The van der Waals surface area contributed by atoms with Crippen LogP contribution in [-0.4, -0.2) is 33.5 Å². The summed E-state index contributed by atoms with van der Waals surface area (Å²) >= 11 is 12.5. The summed E-state index contributed by atoms with van der Waals surface area (Å²) in [4.78, 5) is 26.8. The number of benzene rings is 3. The standard InChI is InChI=1S/C28H26Cl2N4O2/c1-19(35)31-26(24-10-6-7-11-25(24)30)16-27(36)33(2)17-21-18-34(23-8-4-3-5-9-23)32-28(21)20-12-14-22(29)15-13-20/h3-15,18,26H,16-17H2,1-2H3,(H,31,35). The summed E-state index contributed by atoms with van der Waals surface area (Å²) < 4.78 is 1.81. The van der Waals surface area contributed by atoms with Crippen molar-refractivity contribution in [1.29, 1.82) is 0 Å². The molecule has 1 heterocycles. The Morgan fingerprint density at radius 2 is 1.64 bits per heavy atom. The van der Waals surface area contributed by atoms with Crippen LogP contribution in [0.4, 0.5) is 0 Å². The minimum atomic E-state index is -0.533. The fourth-order valence-corrected chi connectivity index (χ4v) is 4.40. The van der Waals surface area contributed by atoms with Crippen LogP contribution in [0.1, 0.15) is 30.5 Å². The van der Waals surface area contributed by atoms with Gasteiger partial charge in [-0.15, -0.1) is 0 Å². The molecule has 0 fully saturated rings. The molecule has 1 N–H and O–H groups in total. The lowest BCUT2D eigenvalue weighted by molar-refractivity contribution is -0.131. The van der Waals surface area contributed by atoms with E-state index in [4.69, 9.17) is 28.3 Å². The van der Waals surface area contributed by atoms with Gasteiger partial charge in [0.2, 0.25) is 11.8 Å².